The van der Waals surface area contributed by atoms with Gasteiger partial charge in [-0.1, -0.05) is 25.1 Å². The summed E-state index contributed by atoms with van der Waals surface area (Å²) in [4.78, 5) is 4.47. The summed E-state index contributed by atoms with van der Waals surface area (Å²) in [5.41, 5.74) is 1.21. The van der Waals surface area contributed by atoms with E-state index >= 15 is 0 Å². The summed E-state index contributed by atoms with van der Waals surface area (Å²) in [7, 11) is 1.71. The van der Waals surface area contributed by atoms with E-state index in [-0.39, 0.29) is 0 Å². The fourth-order valence-electron chi connectivity index (χ4n) is 1.79. The Balaban J connectivity index is 2.47. The van der Waals surface area contributed by atoms with Gasteiger partial charge in [0.25, 0.3) is 0 Å². The zero-order valence-electron chi connectivity index (χ0n) is 12.2. The Morgan fingerprint density at radius 1 is 1.21 bits per heavy atom. The van der Waals surface area contributed by atoms with Crippen molar-refractivity contribution in [2.45, 2.75) is 26.7 Å². The first-order valence-electron chi connectivity index (χ1n) is 6.95. The van der Waals surface area contributed by atoms with Crippen molar-refractivity contribution in [3.8, 4) is 5.75 Å². The van der Waals surface area contributed by atoms with Gasteiger partial charge in [-0.05, 0) is 31.4 Å². The van der Waals surface area contributed by atoms with Crippen LogP contribution in [0.4, 0.5) is 0 Å². The summed E-state index contributed by atoms with van der Waals surface area (Å²) in [6, 6.07) is 8.11. The van der Waals surface area contributed by atoms with E-state index in [1.54, 1.807) is 7.11 Å². The lowest BCUT2D eigenvalue weighted by molar-refractivity contribution is 0.409. The minimum Gasteiger partial charge on any atom is -0.496 e. The molecule has 0 unspecified atom stereocenters. The molecule has 0 radical (unpaired) electrons. The molecule has 0 amide bonds. The van der Waals surface area contributed by atoms with Crippen LogP contribution in [-0.4, -0.2) is 32.7 Å². The second-order valence-electron chi connectivity index (χ2n) is 4.25. The Hall–Kier alpha value is -1.71. The Morgan fingerprint density at radius 2 is 2.00 bits per heavy atom. The fourth-order valence-corrected chi connectivity index (χ4v) is 1.79. The van der Waals surface area contributed by atoms with Gasteiger partial charge < -0.3 is 15.4 Å². The molecule has 0 saturated carbocycles. The largest absolute Gasteiger partial charge is 0.496 e. The zero-order valence-corrected chi connectivity index (χ0v) is 12.2. The number of benzene rings is 1. The van der Waals surface area contributed by atoms with Gasteiger partial charge in [-0.3, -0.25) is 4.99 Å². The lowest BCUT2D eigenvalue weighted by Gasteiger charge is -2.12. The maximum atomic E-state index is 5.34. The molecule has 0 fully saturated rings. The van der Waals surface area contributed by atoms with E-state index < -0.39 is 0 Å². The van der Waals surface area contributed by atoms with Gasteiger partial charge in [-0.2, -0.15) is 0 Å². The van der Waals surface area contributed by atoms with Gasteiger partial charge in [0, 0.05) is 19.6 Å². The first-order chi connectivity index (χ1) is 9.31. The number of hydrogen-bond donors (Lipinski definition) is 2. The van der Waals surface area contributed by atoms with Crippen LogP contribution in [0.1, 0.15) is 25.8 Å². The molecule has 0 spiro atoms. The standard InChI is InChI=1S/C15H25N3O/c1-4-11-17-15(16-5-2)18-12-10-13-8-6-7-9-14(13)19-3/h6-9H,4-5,10-12H2,1-3H3,(H2,16,17,18). The Bertz CT molecular complexity index is 391. The molecule has 0 aliphatic heterocycles. The molecule has 19 heavy (non-hydrogen) atoms. The highest BCUT2D eigenvalue weighted by molar-refractivity contribution is 5.79. The lowest BCUT2D eigenvalue weighted by atomic mass is 10.1. The van der Waals surface area contributed by atoms with Crippen LogP contribution in [-0.2, 0) is 6.42 Å². The number of nitrogens with one attached hydrogen (secondary N) is 2. The molecule has 0 saturated heterocycles. The first kappa shape index (κ1) is 15.3. The summed E-state index contributed by atoms with van der Waals surface area (Å²) in [6.07, 6.45) is 1.98. The molecule has 2 N–H and O–H groups in total. The van der Waals surface area contributed by atoms with Crippen LogP contribution >= 0.6 is 0 Å². The van der Waals surface area contributed by atoms with Crippen LogP contribution in [0.25, 0.3) is 0 Å². The van der Waals surface area contributed by atoms with Gasteiger partial charge in [-0.25, -0.2) is 0 Å². The highest BCUT2D eigenvalue weighted by Gasteiger charge is 2.02. The van der Waals surface area contributed by atoms with Crippen LogP contribution in [0.3, 0.4) is 0 Å². The van der Waals surface area contributed by atoms with Gasteiger partial charge in [0.2, 0.25) is 0 Å². The highest BCUT2D eigenvalue weighted by atomic mass is 16.5. The number of hydrogen-bond acceptors (Lipinski definition) is 2. The third-order valence-corrected chi connectivity index (χ3v) is 2.72. The molecule has 1 aromatic rings. The average Bonchev–Trinajstić information content (AvgIpc) is 2.45. The third kappa shape index (κ3) is 5.64. The Kier molecular flexibility index (Phi) is 7.47. The second kappa shape index (κ2) is 9.25. The van der Waals surface area contributed by atoms with E-state index in [9.17, 15) is 0 Å². The lowest BCUT2D eigenvalue weighted by Crippen LogP contribution is -2.38. The number of aliphatic imine (C=N–C) groups is 1. The van der Waals surface area contributed by atoms with Crippen LogP contribution in [0.5, 0.6) is 5.75 Å². The van der Waals surface area contributed by atoms with Crippen molar-refractivity contribution >= 4 is 5.96 Å². The normalized spacial score (nSPS) is 11.2. The molecule has 0 atom stereocenters. The fraction of sp³-hybridized carbons (Fsp3) is 0.533. The van der Waals surface area contributed by atoms with Gasteiger partial charge in [-0.15, -0.1) is 0 Å². The van der Waals surface area contributed by atoms with E-state index in [4.69, 9.17) is 4.74 Å². The predicted octanol–water partition coefficient (Wildman–Crippen LogP) is 2.20. The maximum Gasteiger partial charge on any atom is 0.191 e. The van der Waals surface area contributed by atoms with Crippen molar-refractivity contribution in [3.63, 3.8) is 0 Å². The molecular formula is C15H25N3O. The van der Waals surface area contributed by atoms with Crippen molar-refractivity contribution in [2.75, 3.05) is 26.7 Å². The predicted molar refractivity (Wildman–Crippen MR) is 81.0 cm³/mol. The minimum absolute atomic E-state index is 0.843. The SMILES string of the molecule is CCCN=C(NCC)NCCc1ccccc1OC. The average molecular weight is 263 g/mol. The number of nitrogens with zero attached hydrogens (tertiary/aromatic N) is 1. The summed E-state index contributed by atoms with van der Waals surface area (Å²) in [5, 5.41) is 6.58. The zero-order chi connectivity index (χ0) is 13.9. The highest BCUT2D eigenvalue weighted by Crippen LogP contribution is 2.17. The molecule has 4 heteroatoms. The summed E-state index contributed by atoms with van der Waals surface area (Å²) in [5.74, 6) is 1.83. The monoisotopic (exact) mass is 263 g/mol. The molecule has 4 nitrogen and oxygen atoms in total. The van der Waals surface area contributed by atoms with E-state index in [0.717, 1.165) is 44.2 Å². The van der Waals surface area contributed by atoms with Crippen LogP contribution in [0.2, 0.25) is 0 Å². The third-order valence-electron chi connectivity index (χ3n) is 2.72. The Morgan fingerprint density at radius 3 is 2.68 bits per heavy atom. The molecule has 0 heterocycles. The van der Waals surface area contributed by atoms with Crippen molar-refractivity contribution in [3.05, 3.63) is 29.8 Å². The molecule has 0 aliphatic rings. The van der Waals surface area contributed by atoms with Gasteiger partial charge in [0.1, 0.15) is 5.75 Å². The summed E-state index contributed by atoms with van der Waals surface area (Å²) < 4.78 is 5.34. The van der Waals surface area contributed by atoms with Crippen molar-refractivity contribution < 1.29 is 4.74 Å². The van der Waals surface area contributed by atoms with Crippen LogP contribution in [0, 0.1) is 0 Å². The minimum atomic E-state index is 0.843. The number of guanidine groups is 1. The molecule has 0 aliphatic carbocycles. The molecule has 1 aromatic carbocycles. The quantitative estimate of drug-likeness (QED) is 0.585. The molecular weight excluding hydrogens is 238 g/mol. The Labute approximate surface area is 116 Å². The molecule has 1 rings (SSSR count). The number of ether oxygens (including phenoxy) is 1. The first-order valence-corrected chi connectivity index (χ1v) is 6.95. The van der Waals surface area contributed by atoms with E-state index in [0.29, 0.717) is 0 Å². The number of para-hydroxylation sites is 1. The maximum absolute atomic E-state index is 5.34. The molecule has 0 bridgehead atoms. The van der Waals surface area contributed by atoms with Crippen LogP contribution < -0.4 is 15.4 Å². The molecule has 106 valence electrons. The van der Waals surface area contributed by atoms with Crippen LogP contribution in [0.15, 0.2) is 29.3 Å². The second-order valence-corrected chi connectivity index (χ2v) is 4.25. The van der Waals surface area contributed by atoms with Crippen molar-refractivity contribution in [1.29, 1.82) is 0 Å². The smallest absolute Gasteiger partial charge is 0.191 e. The topological polar surface area (TPSA) is 45.7 Å². The van der Waals surface area contributed by atoms with Crippen molar-refractivity contribution in [1.82, 2.24) is 10.6 Å². The summed E-state index contributed by atoms with van der Waals surface area (Å²) in [6.45, 7) is 6.77. The van der Waals surface area contributed by atoms with Crippen molar-refractivity contribution in [2.24, 2.45) is 4.99 Å². The van der Waals surface area contributed by atoms with Gasteiger partial charge in [0.05, 0.1) is 7.11 Å². The summed E-state index contributed by atoms with van der Waals surface area (Å²) >= 11 is 0. The number of rotatable bonds is 7. The van der Waals surface area contributed by atoms with E-state index in [2.05, 4.69) is 35.5 Å². The van der Waals surface area contributed by atoms with E-state index in [1.165, 1.54) is 5.56 Å². The molecule has 0 aromatic heterocycles. The number of methoxy groups -OCH3 is 1. The van der Waals surface area contributed by atoms with Gasteiger partial charge >= 0.3 is 0 Å². The van der Waals surface area contributed by atoms with Gasteiger partial charge in [0.15, 0.2) is 5.96 Å². The van der Waals surface area contributed by atoms with E-state index in [1.807, 2.05) is 18.2 Å².